The Morgan fingerprint density at radius 3 is 1.48 bits per heavy atom. The second kappa shape index (κ2) is 6.35. The molecule has 2 aromatic carbocycles. The zero-order valence-electron chi connectivity index (χ0n) is 13.4. The molecule has 2 fully saturated rings. The van der Waals surface area contributed by atoms with Gasteiger partial charge >= 0.3 is 6.96 Å². The van der Waals surface area contributed by atoms with E-state index in [4.69, 9.17) is 18.6 Å². The Morgan fingerprint density at radius 1 is 0.680 bits per heavy atom. The van der Waals surface area contributed by atoms with E-state index < -0.39 is 31.1 Å². The van der Waals surface area contributed by atoms with Crippen molar-refractivity contribution in [2.24, 2.45) is 0 Å². The van der Waals surface area contributed by atoms with Crippen LogP contribution in [0.15, 0.2) is 60.7 Å². The summed E-state index contributed by atoms with van der Waals surface area (Å²) < 4.78 is 21.5. The SMILES string of the molecule is O=C1O[B-]2(OC(=O)[C@@H](Cc3ccccc3)O2)O[C@@H]1Cc1ccccc1. The molecule has 0 N–H and O–H groups in total. The molecule has 7 heteroatoms. The third-order valence-electron chi connectivity index (χ3n) is 4.24. The van der Waals surface area contributed by atoms with Crippen LogP contribution in [-0.2, 0) is 41.0 Å². The maximum atomic E-state index is 12.1. The van der Waals surface area contributed by atoms with Crippen LogP contribution in [0.1, 0.15) is 11.1 Å². The summed E-state index contributed by atoms with van der Waals surface area (Å²) in [5, 5.41) is 0. The van der Waals surface area contributed by atoms with Gasteiger partial charge in [0.2, 0.25) is 0 Å². The van der Waals surface area contributed by atoms with Crippen molar-refractivity contribution in [2.45, 2.75) is 25.0 Å². The van der Waals surface area contributed by atoms with E-state index in [0.29, 0.717) is 12.8 Å². The molecule has 0 radical (unpaired) electrons. The van der Waals surface area contributed by atoms with Crippen LogP contribution in [0.2, 0.25) is 0 Å². The molecule has 0 unspecified atom stereocenters. The van der Waals surface area contributed by atoms with Crippen molar-refractivity contribution in [3.63, 3.8) is 0 Å². The van der Waals surface area contributed by atoms with Crippen LogP contribution in [0.4, 0.5) is 0 Å². The first-order valence-electron chi connectivity index (χ1n) is 8.15. The highest BCUT2D eigenvalue weighted by atomic mass is 16.9. The molecule has 2 saturated heterocycles. The molecule has 6 nitrogen and oxygen atoms in total. The summed E-state index contributed by atoms with van der Waals surface area (Å²) in [5.74, 6) is -1.17. The van der Waals surface area contributed by atoms with Gasteiger partial charge in [0, 0.05) is 12.8 Å². The molecule has 2 aromatic rings. The molecular formula is C18H16BO6-. The first kappa shape index (κ1) is 15.9. The van der Waals surface area contributed by atoms with Gasteiger partial charge in [0.05, 0.1) is 0 Å². The Morgan fingerprint density at radius 2 is 1.08 bits per heavy atom. The highest BCUT2D eigenvalue weighted by Gasteiger charge is 2.56. The number of rotatable bonds is 4. The predicted octanol–water partition coefficient (Wildman–Crippen LogP) is 1.79. The van der Waals surface area contributed by atoms with Gasteiger partial charge in [-0.3, -0.25) is 9.59 Å². The highest BCUT2D eigenvalue weighted by molar-refractivity contribution is 6.61. The number of hydrogen-bond donors (Lipinski definition) is 0. The van der Waals surface area contributed by atoms with Crippen molar-refractivity contribution in [2.75, 3.05) is 0 Å². The standard InChI is InChI=1S/C18H16BO6/c20-17-15(11-13-7-3-1-4-8-13)22-19(24-17)23-16(18(21)25-19)12-14-9-5-2-6-10-14/h1-10,15-16H,11-12H2/q-1/t15-,16-,19?/m1/s1. The third-order valence-corrected chi connectivity index (χ3v) is 4.24. The second-order valence-corrected chi connectivity index (χ2v) is 6.08. The Balaban J connectivity index is 1.44. The lowest BCUT2D eigenvalue weighted by Gasteiger charge is -2.26. The van der Waals surface area contributed by atoms with Crippen LogP contribution in [0.5, 0.6) is 0 Å². The van der Waals surface area contributed by atoms with Crippen LogP contribution < -0.4 is 0 Å². The monoisotopic (exact) mass is 339 g/mol. The molecule has 0 bridgehead atoms. The Kier molecular flexibility index (Phi) is 4.03. The smallest absolute Gasteiger partial charge is 0.606 e. The van der Waals surface area contributed by atoms with Crippen molar-refractivity contribution in [1.82, 2.24) is 0 Å². The van der Waals surface area contributed by atoms with Gasteiger partial charge in [-0.05, 0) is 11.1 Å². The van der Waals surface area contributed by atoms with E-state index >= 15 is 0 Å². The van der Waals surface area contributed by atoms with Gasteiger partial charge in [0.1, 0.15) is 12.2 Å². The minimum Gasteiger partial charge on any atom is -0.606 e. The lowest BCUT2D eigenvalue weighted by molar-refractivity contribution is -0.137. The Hall–Kier alpha value is -2.64. The lowest BCUT2D eigenvalue weighted by atomic mass is 10.1. The summed E-state index contributed by atoms with van der Waals surface area (Å²) in [6.45, 7) is -2.81. The first-order chi connectivity index (χ1) is 12.1. The summed E-state index contributed by atoms with van der Waals surface area (Å²) in [6.07, 6.45) is -1.06. The molecule has 4 rings (SSSR count). The molecule has 2 heterocycles. The van der Waals surface area contributed by atoms with E-state index in [-0.39, 0.29) is 0 Å². The van der Waals surface area contributed by atoms with Crippen molar-refractivity contribution in [3.05, 3.63) is 71.8 Å². The average molecular weight is 339 g/mol. The fourth-order valence-corrected chi connectivity index (χ4v) is 3.04. The van der Waals surface area contributed by atoms with Crippen molar-refractivity contribution < 1.29 is 28.2 Å². The highest BCUT2D eigenvalue weighted by Crippen LogP contribution is 2.32. The lowest BCUT2D eigenvalue weighted by Crippen LogP contribution is -2.41. The molecule has 2 atom stereocenters. The van der Waals surface area contributed by atoms with E-state index in [2.05, 4.69) is 0 Å². The molecular weight excluding hydrogens is 323 g/mol. The first-order valence-corrected chi connectivity index (χ1v) is 8.15. The maximum Gasteiger partial charge on any atom is 0.657 e. The molecule has 1 spiro atoms. The fraction of sp³-hybridized carbons (Fsp3) is 0.222. The van der Waals surface area contributed by atoms with Gasteiger partial charge in [0.25, 0.3) is 11.9 Å². The largest absolute Gasteiger partial charge is 0.657 e. The average Bonchev–Trinajstić information content (AvgIpc) is 3.07. The zero-order chi connectivity index (χ0) is 17.3. The summed E-state index contributed by atoms with van der Waals surface area (Å²) >= 11 is 0. The van der Waals surface area contributed by atoms with Gasteiger partial charge in [-0.25, -0.2) is 0 Å². The van der Waals surface area contributed by atoms with Crippen LogP contribution >= 0.6 is 0 Å². The molecule has 25 heavy (non-hydrogen) atoms. The summed E-state index contributed by atoms with van der Waals surface area (Å²) in [4.78, 5) is 24.2. The van der Waals surface area contributed by atoms with Crippen LogP contribution in [0, 0.1) is 0 Å². The van der Waals surface area contributed by atoms with Crippen LogP contribution in [-0.4, -0.2) is 31.1 Å². The van der Waals surface area contributed by atoms with Gasteiger partial charge in [-0.2, -0.15) is 0 Å². The minimum absolute atomic E-state index is 0.327. The van der Waals surface area contributed by atoms with E-state index in [0.717, 1.165) is 11.1 Å². The summed E-state index contributed by atoms with van der Waals surface area (Å²) in [7, 11) is 0. The van der Waals surface area contributed by atoms with Gasteiger partial charge in [0.15, 0.2) is 0 Å². The molecule has 0 aromatic heterocycles. The maximum absolute atomic E-state index is 12.1. The zero-order valence-corrected chi connectivity index (χ0v) is 13.4. The van der Waals surface area contributed by atoms with Gasteiger partial charge in [-0.1, -0.05) is 60.7 Å². The minimum atomic E-state index is -2.81. The van der Waals surface area contributed by atoms with Crippen molar-refractivity contribution in [1.29, 1.82) is 0 Å². The third kappa shape index (κ3) is 3.29. The number of carbonyl (C=O) groups is 2. The van der Waals surface area contributed by atoms with Crippen molar-refractivity contribution >= 4 is 18.9 Å². The van der Waals surface area contributed by atoms with Crippen molar-refractivity contribution in [3.8, 4) is 0 Å². The molecule has 128 valence electrons. The summed E-state index contributed by atoms with van der Waals surface area (Å²) in [5.41, 5.74) is 1.84. The molecule has 2 aliphatic heterocycles. The summed E-state index contributed by atoms with van der Waals surface area (Å²) in [6, 6.07) is 18.8. The number of hydrogen-bond acceptors (Lipinski definition) is 6. The van der Waals surface area contributed by atoms with Crippen LogP contribution in [0.3, 0.4) is 0 Å². The molecule has 0 amide bonds. The van der Waals surface area contributed by atoms with E-state index in [1.54, 1.807) is 0 Å². The molecule has 2 aliphatic rings. The van der Waals surface area contributed by atoms with Gasteiger partial charge < -0.3 is 18.6 Å². The predicted molar refractivity (Wildman–Crippen MR) is 88.0 cm³/mol. The Bertz CT molecular complexity index is 711. The second-order valence-electron chi connectivity index (χ2n) is 6.08. The fourth-order valence-electron chi connectivity index (χ4n) is 3.04. The van der Waals surface area contributed by atoms with E-state index in [1.807, 2.05) is 60.7 Å². The van der Waals surface area contributed by atoms with E-state index in [9.17, 15) is 9.59 Å². The van der Waals surface area contributed by atoms with E-state index in [1.165, 1.54) is 0 Å². The number of benzene rings is 2. The molecule has 0 saturated carbocycles. The Labute approximate surface area is 144 Å². The quantitative estimate of drug-likeness (QED) is 0.791. The molecule has 0 aliphatic carbocycles. The van der Waals surface area contributed by atoms with Gasteiger partial charge in [-0.15, -0.1) is 0 Å². The topological polar surface area (TPSA) is 71.1 Å². The van der Waals surface area contributed by atoms with Crippen LogP contribution in [0.25, 0.3) is 0 Å². The normalized spacial score (nSPS) is 24.3. The number of carbonyl (C=O) groups excluding carboxylic acids is 2.